The minimum absolute atomic E-state index is 0.0788. The molecule has 1 atom stereocenters. The number of hydrogen-bond acceptors (Lipinski definition) is 4. The van der Waals surface area contributed by atoms with Crippen LogP contribution in [-0.4, -0.2) is 48.9 Å². The van der Waals surface area contributed by atoms with Crippen LogP contribution >= 0.6 is 0 Å². The predicted octanol–water partition coefficient (Wildman–Crippen LogP) is 3.74. The fourth-order valence-electron chi connectivity index (χ4n) is 5.12. The molecule has 1 unspecified atom stereocenters. The third-order valence-electron chi connectivity index (χ3n) is 7.45. The van der Waals surface area contributed by atoms with Crippen molar-refractivity contribution in [3.63, 3.8) is 0 Å². The first-order valence-electron chi connectivity index (χ1n) is 13.3. The fraction of sp³-hybridized carbons (Fsp3) is 0.387. The van der Waals surface area contributed by atoms with Crippen LogP contribution in [0.25, 0.3) is 12.7 Å². The molecule has 1 aliphatic heterocycles. The molecular formula is C31H39N5. The number of nitrogens with zero attached hydrogens (tertiary/aromatic N) is 4. The lowest BCUT2D eigenvalue weighted by Gasteiger charge is -2.34. The molecule has 2 heterocycles. The number of likely N-dealkylation sites (N-methyl/N-ethyl adjacent to an activating group) is 1. The first-order chi connectivity index (χ1) is 17.5. The Morgan fingerprint density at radius 1 is 1.00 bits per heavy atom. The molecule has 1 aliphatic carbocycles. The Morgan fingerprint density at radius 3 is 2.42 bits per heavy atom. The second kappa shape index (κ2) is 10.8. The van der Waals surface area contributed by atoms with Gasteiger partial charge in [-0.25, -0.2) is 4.99 Å². The van der Waals surface area contributed by atoms with E-state index < -0.39 is 0 Å². The summed E-state index contributed by atoms with van der Waals surface area (Å²) in [6.07, 6.45) is 4.66. The second-order valence-corrected chi connectivity index (χ2v) is 10.2. The lowest BCUT2D eigenvalue weighted by atomic mass is 10.0. The Balaban J connectivity index is 1.39. The molecule has 5 heteroatoms. The van der Waals surface area contributed by atoms with E-state index in [0.29, 0.717) is 5.92 Å². The van der Waals surface area contributed by atoms with Gasteiger partial charge in [0, 0.05) is 54.7 Å². The summed E-state index contributed by atoms with van der Waals surface area (Å²) in [5, 5.41) is 5.70. The molecule has 1 saturated heterocycles. The summed E-state index contributed by atoms with van der Waals surface area (Å²) >= 11 is 0. The van der Waals surface area contributed by atoms with Crippen molar-refractivity contribution in [2.45, 2.75) is 45.3 Å². The van der Waals surface area contributed by atoms with Crippen molar-refractivity contribution in [1.29, 1.82) is 0 Å². The van der Waals surface area contributed by atoms with Gasteiger partial charge in [-0.1, -0.05) is 36.9 Å². The maximum absolute atomic E-state index is 5.16. The van der Waals surface area contributed by atoms with E-state index in [-0.39, 0.29) is 6.17 Å². The van der Waals surface area contributed by atoms with Crippen molar-refractivity contribution >= 4 is 24.0 Å². The highest BCUT2D eigenvalue weighted by Gasteiger charge is 2.25. The van der Waals surface area contributed by atoms with Gasteiger partial charge in [-0.05, 0) is 87.2 Å². The van der Waals surface area contributed by atoms with Crippen molar-refractivity contribution in [1.82, 2.24) is 9.47 Å². The number of piperazine rings is 1. The van der Waals surface area contributed by atoms with Crippen LogP contribution in [0, 0.1) is 0 Å². The van der Waals surface area contributed by atoms with Gasteiger partial charge in [-0.2, -0.15) is 0 Å². The summed E-state index contributed by atoms with van der Waals surface area (Å²) < 4.78 is 2.27. The molecule has 1 saturated carbocycles. The average molecular weight is 482 g/mol. The van der Waals surface area contributed by atoms with Crippen LogP contribution in [0.2, 0.25) is 0 Å². The van der Waals surface area contributed by atoms with E-state index in [2.05, 4.69) is 114 Å². The molecule has 36 heavy (non-hydrogen) atoms. The Morgan fingerprint density at radius 2 is 1.72 bits per heavy atom. The zero-order valence-electron chi connectivity index (χ0n) is 22.0. The minimum atomic E-state index is -0.0788. The number of rotatable bonds is 7. The summed E-state index contributed by atoms with van der Waals surface area (Å²) in [4.78, 5) is 10.0. The Hall–Kier alpha value is -3.31. The van der Waals surface area contributed by atoms with Gasteiger partial charge in [0.2, 0.25) is 0 Å². The average Bonchev–Trinajstić information content (AvgIpc) is 3.73. The molecule has 1 aromatic heterocycles. The molecule has 3 aromatic rings. The van der Waals surface area contributed by atoms with Crippen LogP contribution < -0.4 is 26.3 Å². The molecule has 5 nitrogen and oxygen atoms in total. The standard InChI is InChI=1S/C31H39N5/c1-5-25-11-10-23(2)36(22-27-8-6-7-9-30(27)26-12-13-26)31(25)33-24(3)32-28-14-16-29(17-15-28)35-20-18-34(4)19-21-35/h5-11,14-17,24,26,32H,2,12-13,18-22H2,1,3-4H3/b25-5-,33-31+. The molecule has 0 amide bonds. The van der Waals surface area contributed by atoms with Crippen LogP contribution in [0.3, 0.4) is 0 Å². The molecule has 5 rings (SSSR count). The minimum Gasteiger partial charge on any atom is -0.369 e. The summed E-state index contributed by atoms with van der Waals surface area (Å²) in [5.41, 5.74) is 6.21. The third kappa shape index (κ3) is 5.57. The Labute approximate surface area is 215 Å². The van der Waals surface area contributed by atoms with Crippen LogP contribution in [0.4, 0.5) is 11.4 Å². The normalized spacial score (nSPS) is 18.5. The summed E-state index contributed by atoms with van der Waals surface area (Å²) in [6, 6.07) is 21.9. The molecule has 2 aromatic carbocycles. The number of nitrogens with one attached hydrogen (secondary N) is 1. The maximum Gasteiger partial charge on any atom is 0.137 e. The molecule has 0 bridgehead atoms. The largest absolute Gasteiger partial charge is 0.369 e. The van der Waals surface area contributed by atoms with Crippen LogP contribution in [-0.2, 0) is 6.54 Å². The van der Waals surface area contributed by atoms with Gasteiger partial charge < -0.3 is 19.7 Å². The van der Waals surface area contributed by atoms with Crippen molar-refractivity contribution in [2.24, 2.45) is 4.99 Å². The lowest BCUT2D eigenvalue weighted by molar-refractivity contribution is 0.313. The second-order valence-electron chi connectivity index (χ2n) is 10.2. The van der Waals surface area contributed by atoms with Gasteiger partial charge in [0.25, 0.3) is 0 Å². The zero-order valence-corrected chi connectivity index (χ0v) is 22.0. The number of anilines is 2. The summed E-state index contributed by atoms with van der Waals surface area (Å²) in [7, 11) is 2.19. The lowest BCUT2D eigenvalue weighted by Crippen LogP contribution is -2.44. The van der Waals surface area contributed by atoms with E-state index in [1.165, 1.54) is 29.7 Å². The van der Waals surface area contributed by atoms with Gasteiger partial charge in [0.1, 0.15) is 11.7 Å². The monoisotopic (exact) mass is 481 g/mol. The molecule has 188 valence electrons. The van der Waals surface area contributed by atoms with Gasteiger partial charge >= 0.3 is 0 Å². The van der Waals surface area contributed by atoms with E-state index in [1.54, 1.807) is 0 Å². The summed E-state index contributed by atoms with van der Waals surface area (Å²) in [6.45, 7) is 13.7. The molecule has 2 fully saturated rings. The number of benzene rings is 2. The van der Waals surface area contributed by atoms with Crippen LogP contribution in [0.5, 0.6) is 0 Å². The molecule has 0 radical (unpaired) electrons. The van der Waals surface area contributed by atoms with Crippen LogP contribution in [0.1, 0.15) is 43.7 Å². The third-order valence-corrected chi connectivity index (χ3v) is 7.45. The predicted molar refractivity (Wildman–Crippen MR) is 152 cm³/mol. The molecular weight excluding hydrogens is 442 g/mol. The van der Waals surface area contributed by atoms with E-state index >= 15 is 0 Å². The SMILES string of the molecule is C=c1ccc(=C/C)/c(=N\C(C)Nc2ccc(N3CCN(C)CC3)cc2)n1Cc1ccccc1C1CC1. The smallest absolute Gasteiger partial charge is 0.137 e. The zero-order chi connectivity index (χ0) is 25.1. The van der Waals surface area contributed by atoms with Gasteiger partial charge in [0.05, 0.1) is 0 Å². The highest BCUT2D eigenvalue weighted by atomic mass is 15.2. The Kier molecular flexibility index (Phi) is 7.28. The van der Waals surface area contributed by atoms with Crippen molar-refractivity contribution < 1.29 is 0 Å². The first-order valence-corrected chi connectivity index (χ1v) is 13.3. The highest BCUT2D eigenvalue weighted by molar-refractivity contribution is 5.55. The van der Waals surface area contributed by atoms with E-state index in [1.807, 2.05) is 0 Å². The number of hydrogen-bond donors (Lipinski definition) is 1. The number of pyridine rings is 1. The Bertz CT molecular complexity index is 1360. The first kappa shape index (κ1) is 24.4. The van der Waals surface area contributed by atoms with Gasteiger partial charge in [0.15, 0.2) is 0 Å². The maximum atomic E-state index is 5.16. The molecule has 1 N–H and O–H groups in total. The van der Waals surface area contributed by atoms with Gasteiger partial charge in [-0.15, -0.1) is 0 Å². The topological polar surface area (TPSA) is 35.8 Å². The molecule has 2 aliphatic rings. The van der Waals surface area contributed by atoms with Gasteiger partial charge in [-0.3, -0.25) is 0 Å². The van der Waals surface area contributed by atoms with E-state index in [4.69, 9.17) is 4.99 Å². The quantitative estimate of drug-likeness (QED) is 0.559. The van der Waals surface area contributed by atoms with Crippen molar-refractivity contribution in [3.05, 3.63) is 87.8 Å². The van der Waals surface area contributed by atoms with E-state index in [0.717, 1.165) is 54.5 Å². The molecule has 0 spiro atoms. The highest BCUT2D eigenvalue weighted by Crippen LogP contribution is 2.41. The van der Waals surface area contributed by atoms with Crippen molar-refractivity contribution in [2.75, 3.05) is 43.4 Å². The van der Waals surface area contributed by atoms with E-state index in [9.17, 15) is 0 Å². The summed E-state index contributed by atoms with van der Waals surface area (Å²) in [5.74, 6) is 0.714. The fourth-order valence-corrected chi connectivity index (χ4v) is 5.12. The van der Waals surface area contributed by atoms with Crippen molar-refractivity contribution in [3.8, 4) is 0 Å². The van der Waals surface area contributed by atoms with Crippen LogP contribution in [0.15, 0.2) is 65.7 Å². The number of aromatic nitrogens is 1.